The number of carbonyl (C=O) groups is 1. The lowest BCUT2D eigenvalue weighted by Crippen LogP contribution is -1.98. The second kappa shape index (κ2) is 5.03. The minimum Gasteiger partial charge on any atom is -0.303 e. The average Bonchev–Trinajstić information content (AvgIpc) is 2.16. The first-order valence-corrected chi connectivity index (χ1v) is 4.85. The second-order valence-corrected chi connectivity index (χ2v) is 3.44. The van der Waals surface area contributed by atoms with Crippen molar-refractivity contribution < 1.29 is 4.79 Å². The van der Waals surface area contributed by atoms with Gasteiger partial charge in [0.1, 0.15) is 6.29 Å². The van der Waals surface area contributed by atoms with Gasteiger partial charge in [-0.2, -0.15) is 0 Å². The van der Waals surface area contributed by atoms with Crippen LogP contribution in [0.1, 0.15) is 31.2 Å². The normalized spacial score (nSPS) is 12.5. The Hall–Kier alpha value is -0.820. The standard InChI is InChI=1S/C11H13ClO/c1-2-9(7-8-13)10-5-3-4-6-11(10)12/h3-6,8-9H,2,7H2,1H3. The van der Waals surface area contributed by atoms with Gasteiger partial charge in [0.15, 0.2) is 0 Å². The summed E-state index contributed by atoms with van der Waals surface area (Å²) in [5, 5.41) is 0.760. The SMILES string of the molecule is CCC(CC=O)c1ccccc1Cl. The first-order chi connectivity index (χ1) is 6.29. The summed E-state index contributed by atoms with van der Waals surface area (Å²) in [6, 6.07) is 7.71. The number of halogens is 1. The summed E-state index contributed by atoms with van der Waals surface area (Å²) in [6.45, 7) is 2.07. The van der Waals surface area contributed by atoms with Crippen LogP contribution in [0.3, 0.4) is 0 Å². The lowest BCUT2D eigenvalue weighted by atomic mass is 9.94. The second-order valence-electron chi connectivity index (χ2n) is 3.03. The number of hydrogen-bond donors (Lipinski definition) is 0. The predicted octanol–water partition coefficient (Wildman–Crippen LogP) is 3.42. The van der Waals surface area contributed by atoms with E-state index in [1.807, 2.05) is 24.3 Å². The molecule has 0 aromatic heterocycles. The molecule has 70 valence electrons. The van der Waals surface area contributed by atoms with Gasteiger partial charge in [-0.1, -0.05) is 36.7 Å². The zero-order valence-electron chi connectivity index (χ0n) is 7.66. The fourth-order valence-corrected chi connectivity index (χ4v) is 1.73. The van der Waals surface area contributed by atoms with Crippen molar-refractivity contribution in [2.24, 2.45) is 0 Å². The summed E-state index contributed by atoms with van der Waals surface area (Å²) >= 11 is 6.02. The molecule has 0 saturated carbocycles. The number of carbonyl (C=O) groups excluding carboxylic acids is 1. The van der Waals surface area contributed by atoms with Crippen molar-refractivity contribution in [1.29, 1.82) is 0 Å². The first-order valence-electron chi connectivity index (χ1n) is 4.47. The van der Waals surface area contributed by atoms with Crippen LogP contribution in [0.5, 0.6) is 0 Å². The van der Waals surface area contributed by atoms with E-state index in [0.717, 1.165) is 23.3 Å². The summed E-state index contributed by atoms with van der Waals surface area (Å²) in [7, 11) is 0. The van der Waals surface area contributed by atoms with Crippen molar-refractivity contribution in [3.8, 4) is 0 Å². The Morgan fingerprint density at radius 3 is 2.69 bits per heavy atom. The van der Waals surface area contributed by atoms with Crippen LogP contribution in [0, 0.1) is 0 Å². The van der Waals surface area contributed by atoms with Crippen molar-refractivity contribution in [3.63, 3.8) is 0 Å². The van der Waals surface area contributed by atoms with E-state index in [9.17, 15) is 4.79 Å². The van der Waals surface area contributed by atoms with E-state index >= 15 is 0 Å². The molecule has 1 nitrogen and oxygen atoms in total. The molecule has 0 aliphatic heterocycles. The molecule has 13 heavy (non-hydrogen) atoms. The third kappa shape index (κ3) is 2.56. The minimum atomic E-state index is 0.270. The third-order valence-electron chi connectivity index (χ3n) is 2.22. The quantitative estimate of drug-likeness (QED) is 0.675. The highest BCUT2D eigenvalue weighted by molar-refractivity contribution is 6.31. The first kappa shape index (κ1) is 10.3. The maximum absolute atomic E-state index is 10.4. The number of benzene rings is 1. The van der Waals surface area contributed by atoms with Crippen molar-refractivity contribution in [2.45, 2.75) is 25.7 Å². The van der Waals surface area contributed by atoms with E-state index in [0.29, 0.717) is 6.42 Å². The highest BCUT2D eigenvalue weighted by Crippen LogP contribution is 2.28. The molecule has 0 heterocycles. The molecular weight excluding hydrogens is 184 g/mol. The van der Waals surface area contributed by atoms with Crippen molar-refractivity contribution >= 4 is 17.9 Å². The van der Waals surface area contributed by atoms with Crippen LogP contribution in [0.4, 0.5) is 0 Å². The van der Waals surface area contributed by atoms with Crippen LogP contribution in [0.25, 0.3) is 0 Å². The highest BCUT2D eigenvalue weighted by Gasteiger charge is 2.11. The largest absolute Gasteiger partial charge is 0.303 e. The summed E-state index contributed by atoms with van der Waals surface area (Å²) in [4.78, 5) is 10.4. The predicted molar refractivity (Wildman–Crippen MR) is 55.2 cm³/mol. The van der Waals surface area contributed by atoms with Crippen LogP contribution in [0.15, 0.2) is 24.3 Å². The lowest BCUT2D eigenvalue weighted by molar-refractivity contribution is -0.108. The molecule has 0 amide bonds. The fourth-order valence-electron chi connectivity index (χ4n) is 1.44. The van der Waals surface area contributed by atoms with Crippen molar-refractivity contribution in [1.82, 2.24) is 0 Å². The van der Waals surface area contributed by atoms with Gasteiger partial charge in [-0.3, -0.25) is 0 Å². The van der Waals surface area contributed by atoms with Crippen LogP contribution < -0.4 is 0 Å². The molecule has 0 aliphatic carbocycles. The number of aldehydes is 1. The molecule has 0 saturated heterocycles. The monoisotopic (exact) mass is 196 g/mol. The molecule has 0 aliphatic rings. The van der Waals surface area contributed by atoms with E-state index in [4.69, 9.17) is 11.6 Å². The van der Waals surface area contributed by atoms with Crippen LogP contribution in [0.2, 0.25) is 5.02 Å². The third-order valence-corrected chi connectivity index (χ3v) is 2.56. The maximum Gasteiger partial charge on any atom is 0.120 e. The van der Waals surface area contributed by atoms with E-state index in [1.165, 1.54) is 0 Å². The summed E-state index contributed by atoms with van der Waals surface area (Å²) in [6.07, 6.45) is 2.46. The summed E-state index contributed by atoms with van der Waals surface area (Å²) in [5.41, 5.74) is 1.08. The molecule has 0 bridgehead atoms. The van der Waals surface area contributed by atoms with Gasteiger partial charge in [0.2, 0.25) is 0 Å². The van der Waals surface area contributed by atoms with Gasteiger partial charge in [-0.05, 0) is 24.0 Å². The summed E-state index contributed by atoms with van der Waals surface area (Å²) in [5.74, 6) is 0.270. The van der Waals surface area contributed by atoms with Gasteiger partial charge in [0.05, 0.1) is 0 Å². The molecule has 0 radical (unpaired) electrons. The number of hydrogen-bond acceptors (Lipinski definition) is 1. The van der Waals surface area contributed by atoms with E-state index in [2.05, 4.69) is 6.92 Å². The molecule has 1 aromatic rings. The Bertz CT molecular complexity index is 283. The fraction of sp³-hybridized carbons (Fsp3) is 0.364. The Morgan fingerprint density at radius 1 is 1.46 bits per heavy atom. The van der Waals surface area contributed by atoms with Gasteiger partial charge in [0, 0.05) is 11.4 Å². The van der Waals surface area contributed by atoms with E-state index in [-0.39, 0.29) is 5.92 Å². The van der Waals surface area contributed by atoms with Gasteiger partial charge in [-0.25, -0.2) is 0 Å². The van der Waals surface area contributed by atoms with Crippen LogP contribution in [-0.4, -0.2) is 6.29 Å². The van der Waals surface area contributed by atoms with Crippen molar-refractivity contribution in [3.05, 3.63) is 34.9 Å². The molecule has 0 spiro atoms. The Kier molecular flexibility index (Phi) is 3.97. The summed E-state index contributed by atoms with van der Waals surface area (Å²) < 4.78 is 0. The minimum absolute atomic E-state index is 0.270. The molecule has 0 fully saturated rings. The number of rotatable bonds is 4. The zero-order valence-corrected chi connectivity index (χ0v) is 8.42. The van der Waals surface area contributed by atoms with Gasteiger partial charge < -0.3 is 4.79 Å². The molecule has 0 N–H and O–H groups in total. The van der Waals surface area contributed by atoms with Crippen LogP contribution in [-0.2, 0) is 4.79 Å². The Labute approximate surface area is 83.7 Å². The molecule has 1 unspecified atom stereocenters. The Balaban J connectivity index is 2.90. The van der Waals surface area contributed by atoms with Gasteiger partial charge in [-0.15, -0.1) is 0 Å². The zero-order chi connectivity index (χ0) is 9.68. The van der Waals surface area contributed by atoms with E-state index < -0.39 is 0 Å². The van der Waals surface area contributed by atoms with Crippen molar-refractivity contribution in [2.75, 3.05) is 0 Å². The molecule has 1 aromatic carbocycles. The highest BCUT2D eigenvalue weighted by atomic mass is 35.5. The lowest BCUT2D eigenvalue weighted by Gasteiger charge is -2.13. The molecule has 1 rings (SSSR count). The topological polar surface area (TPSA) is 17.1 Å². The molecule has 1 atom stereocenters. The average molecular weight is 197 g/mol. The van der Waals surface area contributed by atoms with Gasteiger partial charge in [0.25, 0.3) is 0 Å². The van der Waals surface area contributed by atoms with Crippen LogP contribution >= 0.6 is 11.6 Å². The molecular formula is C11H13ClO. The van der Waals surface area contributed by atoms with Gasteiger partial charge >= 0.3 is 0 Å². The van der Waals surface area contributed by atoms with E-state index in [1.54, 1.807) is 0 Å². The smallest absolute Gasteiger partial charge is 0.120 e. The molecule has 2 heteroatoms. The maximum atomic E-state index is 10.4. The Morgan fingerprint density at radius 2 is 2.15 bits per heavy atom.